The summed E-state index contributed by atoms with van der Waals surface area (Å²) in [6.45, 7) is 4.82. The minimum absolute atomic E-state index is 0.00536. The first-order valence-electron chi connectivity index (χ1n) is 6.17. The highest BCUT2D eigenvalue weighted by molar-refractivity contribution is 5.78. The third-order valence-electron chi connectivity index (χ3n) is 3.15. The highest BCUT2D eigenvalue weighted by Gasteiger charge is 2.11. The Balaban J connectivity index is 2.40. The molecule has 0 saturated heterocycles. The molecule has 0 aliphatic rings. The SMILES string of the molecule is Cc1ccccc1CNC(=O)CN(C)C(C)CO. The van der Waals surface area contributed by atoms with Gasteiger partial charge in [-0.1, -0.05) is 24.3 Å². The number of nitrogens with one attached hydrogen (secondary N) is 1. The van der Waals surface area contributed by atoms with E-state index in [-0.39, 0.29) is 18.6 Å². The Bertz CT molecular complexity index is 393. The summed E-state index contributed by atoms with van der Waals surface area (Å²) in [7, 11) is 1.83. The molecule has 4 nitrogen and oxygen atoms in total. The molecule has 1 aromatic carbocycles. The molecule has 1 amide bonds. The molecule has 0 radical (unpaired) electrons. The van der Waals surface area contributed by atoms with Gasteiger partial charge in [-0.15, -0.1) is 0 Å². The molecule has 2 N–H and O–H groups in total. The second-order valence-electron chi connectivity index (χ2n) is 4.65. The van der Waals surface area contributed by atoms with Crippen LogP contribution in [-0.4, -0.2) is 42.2 Å². The Labute approximate surface area is 109 Å². The van der Waals surface area contributed by atoms with Crippen molar-refractivity contribution < 1.29 is 9.90 Å². The third-order valence-corrected chi connectivity index (χ3v) is 3.15. The van der Waals surface area contributed by atoms with Crippen molar-refractivity contribution in [1.29, 1.82) is 0 Å². The first-order chi connectivity index (χ1) is 8.54. The fourth-order valence-electron chi connectivity index (χ4n) is 1.58. The monoisotopic (exact) mass is 250 g/mol. The van der Waals surface area contributed by atoms with Crippen molar-refractivity contribution in [3.63, 3.8) is 0 Å². The summed E-state index contributed by atoms with van der Waals surface area (Å²) < 4.78 is 0. The smallest absolute Gasteiger partial charge is 0.234 e. The van der Waals surface area contributed by atoms with Crippen molar-refractivity contribution in [2.45, 2.75) is 26.4 Å². The summed E-state index contributed by atoms with van der Waals surface area (Å²) >= 11 is 0. The van der Waals surface area contributed by atoms with Gasteiger partial charge in [-0.05, 0) is 32.0 Å². The van der Waals surface area contributed by atoms with E-state index in [2.05, 4.69) is 5.32 Å². The highest BCUT2D eigenvalue weighted by Crippen LogP contribution is 2.06. The topological polar surface area (TPSA) is 52.6 Å². The molecular formula is C14H22N2O2. The molecule has 1 unspecified atom stereocenters. The molecule has 0 bridgehead atoms. The van der Waals surface area contributed by atoms with Gasteiger partial charge >= 0.3 is 0 Å². The maximum Gasteiger partial charge on any atom is 0.234 e. The zero-order chi connectivity index (χ0) is 13.5. The van der Waals surface area contributed by atoms with Crippen LogP contribution in [0.25, 0.3) is 0 Å². The summed E-state index contributed by atoms with van der Waals surface area (Å²) in [6, 6.07) is 7.98. The fourth-order valence-corrected chi connectivity index (χ4v) is 1.58. The van der Waals surface area contributed by atoms with Crippen molar-refractivity contribution in [2.24, 2.45) is 0 Å². The normalized spacial score (nSPS) is 12.5. The first kappa shape index (κ1) is 14.7. The summed E-state index contributed by atoms with van der Waals surface area (Å²) in [5.41, 5.74) is 2.30. The third kappa shape index (κ3) is 4.47. The van der Waals surface area contributed by atoms with Crippen molar-refractivity contribution in [2.75, 3.05) is 20.2 Å². The van der Waals surface area contributed by atoms with E-state index in [0.29, 0.717) is 13.1 Å². The number of carbonyl (C=O) groups excluding carboxylic acids is 1. The number of rotatable bonds is 6. The van der Waals surface area contributed by atoms with Crippen molar-refractivity contribution in [3.05, 3.63) is 35.4 Å². The molecule has 0 saturated carbocycles. The summed E-state index contributed by atoms with van der Waals surface area (Å²) in [5.74, 6) is -0.0268. The first-order valence-corrected chi connectivity index (χ1v) is 6.17. The molecule has 0 aliphatic carbocycles. The predicted molar refractivity (Wildman–Crippen MR) is 72.2 cm³/mol. The van der Waals surface area contributed by atoms with E-state index in [1.165, 1.54) is 5.56 Å². The van der Waals surface area contributed by atoms with Crippen molar-refractivity contribution >= 4 is 5.91 Å². The van der Waals surface area contributed by atoms with Gasteiger partial charge in [0, 0.05) is 12.6 Å². The minimum Gasteiger partial charge on any atom is -0.395 e. The number of hydrogen-bond acceptors (Lipinski definition) is 3. The minimum atomic E-state index is -0.0268. The number of aliphatic hydroxyl groups excluding tert-OH is 1. The molecular weight excluding hydrogens is 228 g/mol. The van der Waals surface area contributed by atoms with Gasteiger partial charge in [0.15, 0.2) is 0 Å². The van der Waals surface area contributed by atoms with Crippen molar-refractivity contribution in [1.82, 2.24) is 10.2 Å². The van der Waals surface area contributed by atoms with E-state index in [4.69, 9.17) is 5.11 Å². The largest absolute Gasteiger partial charge is 0.395 e. The van der Waals surface area contributed by atoms with Crippen LogP contribution in [0.4, 0.5) is 0 Å². The summed E-state index contributed by atoms with van der Waals surface area (Å²) in [6.07, 6.45) is 0. The van der Waals surface area contributed by atoms with Crippen LogP contribution in [0.3, 0.4) is 0 Å². The van der Waals surface area contributed by atoms with Crippen LogP contribution < -0.4 is 5.32 Å². The van der Waals surface area contributed by atoms with Crippen LogP contribution in [-0.2, 0) is 11.3 Å². The number of benzene rings is 1. The van der Waals surface area contributed by atoms with E-state index in [1.54, 1.807) is 0 Å². The Kier molecular flexibility index (Phi) is 5.82. The molecule has 1 aromatic rings. The number of nitrogens with zero attached hydrogens (tertiary/aromatic N) is 1. The number of aryl methyl sites for hydroxylation is 1. The van der Waals surface area contributed by atoms with Gasteiger partial charge in [-0.2, -0.15) is 0 Å². The molecule has 0 fully saturated rings. The molecule has 1 rings (SSSR count). The zero-order valence-electron chi connectivity index (χ0n) is 11.3. The highest BCUT2D eigenvalue weighted by atomic mass is 16.3. The molecule has 0 aromatic heterocycles. The Morgan fingerprint density at radius 3 is 2.72 bits per heavy atom. The maximum absolute atomic E-state index is 11.7. The Hall–Kier alpha value is -1.39. The zero-order valence-corrected chi connectivity index (χ0v) is 11.3. The van der Waals surface area contributed by atoms with E-state index < -0.39 is 0 Å². The van der Waals surface area contributed by atoms with Gasteiger partial charge in [0.2, 0.25) is 5.91 Å². The number of carbonyl (C=O) groups is 1. The average molecular weight is 250 g/mol. The van der Waals surface area contributed by atoms with Crippen LogP contribution in [0.5, 0.6) is 0 Å². The predicted octanol–water partition coefficient (Wildman–Crippen LogP) is 0.924. The van der Waals surface area contributed by atoms with Crippen LogP contribution in [0.15, 0.2) is 24.3 Å². The Morgan fingerprint density at radius 2 is 2.11 bits per heavy atom. The van der Waals surface area contributed by atoms with E-state index >= 15 is 0 Å². The van der Waals surface area contributed by atoms with Crippen LogP contribution >= 0.6 is 0 Å². The van der Waals surface area contributed by atoms with Crippen LogP contribution in [0, 0.1) is 6.92 Å². The average Bonchev–Trinajstić information content (AvgIpc) is 2.36. The number of likely N-dealkylation sites (N-methyl/N-ethyl adjacent to an activating group) is 1. The van der Waals surface area contributed by atoms with Crippen LogP contribution in [0.2, 0.25) is 0 Å². The molecule has 0 spiro atoms. The molecule has 4 heteroatoms. The molecule has 18 heavy (non-hydrogen) atoms. The van der Waals surface area contributed by atoms with E-state index in [0.717, 1.165) is 5.56 Å². The van der Waals surface area contributed by atoms with Gasteiger partial charge < -0.3 is 10.4 Å². The molecule has 1 atom stereocenters. The van der Waals surface area contributed by atoms with Crippen molar-refractivity contribution in [3.8, 4) is 0 Å². The van der Waals surface area contributed by atoms with Gasteiger partial charge in [0.1, 0.15) is 0 Å². The summed E-state index contributed by atoms with van der Waals surface area (Å²) in [4.78, 5) is 13.6. The van der Waals surface area contributed by atoms with Gasteiger partial charge in [0.25, 0.3) is 0 Å². The number of hydrogen-bond donors (Lipinski definition) is 2. The standard InChI is InChI=1S/C14H22N2O2/c1-11-6-4-5-7-13(11)8-15-14(18)9-16(3)12(2)10-17/h4-7,12,17H,8-10H2,1-3H3,(H,15,18). The van der Waals surface area contributed by atoms with Gasteiger partial charge in [0.05, 0.1) is 13.2 Å². The lowest BCUT2D eigenvalue weighted by atomic mass is 10.1. The maximum atomic E-state index is 11.7. The number of amides is 1. The van der Waals surface area contributed by atoms with E-state index in [9.17, 15) is 4.79 Å². The quantitative estimate of drug-likeness (QED) is 0.789. The fraction of sp³-hybridized carbons (Fsp3) is 0.500. The second kappa shape index (κ2) is 7.13. The molecule has 0 heterocycles. The van der Waals surface area contributed by atoms with Gasteiger partial charge in [-0.25, -0.2) is 0 Å². The second-order valence-corrected chi connectivity index (χ2v) is 4.65. The van der Waals surface area contributed by atoms with Gasteiger partial charge in [-0.3, -0.25) is 9.69 Å². The lowest BCUT2D eigenvalue weighted by Crippen LogP contribution is -2.40. The molecule has 100 valence electrons. The lowest BCUT2D eigenvalue weighted by molar-refractivity contribution is -0.122. The van der Waals surface area contributed by atoms with E-state index in [1.807, 2.05) is 50.1 Å². The Morgan fingerprint density at radius 1 is 1.44 bits per heavy atom. The van der Waals surface area contributed by atoms with Crippen LogP contribution in [0.1, 0.15) is 18.1 Å². The number of aliphatic hydroxyl groups is 1. The lowest BCUT2D eigenvalue weighted by Gasteiger charge is -2.22. The summed E-state index contributed by atoms with van der Waals surface area (Å²) in [5, 5.41) is 11.9. The molecule has 0 aliphatic heterocycles.